The third-order valence-electron chi connectivity index (χ3n) is 7.74. The van der Waals surface area contributed by atoms with Gasteiger partial charge in [0.1, 0.15) is 0 Å². The SMILES string of the molecule is CC1CCC(C(C)C)C(N(c2ccccc2)C2CC(C)CCC2C(C)C)C1. The molecule has 0 bridgehead atoms. The molecular formula is C26H43N. The van der Waals surface area contributed by atoms with Gasteiger partial charge in [-0.15, -0.1) is 0 Å². The molecule has 2 fully saturated rings. The van der Waals surface area contributed by atoms with Gasteiger partial charge in [-0.3, -0.25) is 0 Å². The van der Waals surface area contributed by atoms with Gasteiger partial charge in [0, 0.05) is 17.8 Å². The molecule has 2 aliphatic carbocycles. The molecule has 1 heteroatoms. The first-order valence-corrected chi connectivity index (χ1v) is 11.7. The molecule has 0 saturated heterocycles. The van der Waals surface area contributed by atoms with E-state index in [0.29, 0.717) is 12.1 Å². The maximum Gasteiger partial charge on any atom is 0.0371 e. The number of hydrogen-bond donors (Lipinski definition) is 0. The lowest BCUT2D eigenvalue weighted by molar-refractivity contribution is 0.136. The molecule has 2 aliphatic rings. The predicted octanol–water partition coefficient (Wildman–Crippen LogP) is 7.41. The Balaban J connectivity index is 2.02. The first kappa shape index (κ1) is 20.7. The van der Waals surface area contributed by atoms with Gasteiger partial charge >= 0.3 is 0 Å². The summed E-state index contributed by atoms with van der Waals surface area (Å²) in [6.45, 7) is 14.8. The summed E-state index contributed by atoms with van der Waals surface area (Å²) in [6, 6.07) is 12.8. The highest BCUT2D eigenvalue weighted by Gasteiger charge is 2.42. The Morgan fingerprint density at radius 3 is 1.56 bits per heavy atom. The Bertz CT molecular complexity index is 531. The Kier molecular flexibility index (Phi) is 6.93. The summed E-state index contributed by atoms with van der Waals surface area (Å²) in [5, 5.41) is 0. The van der Waals surface area contributed by atoms with Crippen molar-refractivity contribution in [3.8, 4) is 0 Å². The van der Waals surface area contributed by atoms with Crippen LogP contribution in [0.5, 0.6) is 0 Å². The number of para-hydroxylation sites is 1. The number of hydrogen-bond acceptors (Lipinski definition) is 1. The van der Waals surface area contributed by atoms with E-state index in [1.54, 1.807) is 0 Å². The monoisotopic (exact) mass is 369 g/mol. The van der Waals surface area contributed by atoms with Crippen LogP contribution in [-0.2, 0) is 0 Å². The molecule has 1 aromatic rings. The minimum Gasteiger partial charge on any atom is -0.365 e. The van der Waals surface area contributed by atoms with E-state index >= 15 is 0 Å². The second kappa shape index (κ2) is 9.01. The highest BCUT2D eigenvalue weighted by atomic mass is 15.2. The minimum absolute atomic E-state index is 0.702. The third-order valence-corrected chi connectivity index (χ3v) is 7.74. The lowest BCUT2D eigenvalue weighted by Gasteiger charge is -2.53. The normalized spacial score (nSPS) is 34.8. The summed E-state index contributed by atoms with van der Waals surface area (Å²) < 4.78 is 0. The summed E-state index contributed by atoms with van der Waals surface area (Å²) in [5.74, 6) is 4.90. The van der Waals surface area contributed by atoms with Crippen LogP contribution in [0.1, 0.15) is 80.1 Å². The van der Waals surface area contributed by atoms with Gasteiger partial charge in [0.25, 0.3) is 0 Å². The zero-order valence-corrected chi connectivity index (χ0v) is 18.7. The third kappa shape index (κ3) is 4.72. The van der Waals surface area contributed by atoms with Crippen LogP contribution in [0.25, 0.3) is 0 Å². The second-order valence-corrected chi connectivity index (χ2v) is 10.5. The van der Waals surface area contributed by atoms with E-state index in [4.69, 9.17) is 0 Å². The fraction of sp³-hybridized carbons (Fsp3) is 0.769. The molecule has 1 nitrogen and oxygen atoms in total. The van der Waals surface area contributed by atoms with Crippen molar-refractivity contribution >= 4 is 5.69 Å². The number of benzene rings is 1. The molecule has 0 heterocycles. The molecule has 3 rings (SSSR count). The van der Waals surface area contributed by atoms with Gasteiger partial charge in [-0.05, 0) is 73.3 Å². The molecule has 0 aromatic heterocycles. The summed E-state index contributed by atoms with van der Waals surface area (Å²) in [6.07, 6.45) is 8.37. The fourth-order valence-corrected chi connectivity index (χ4v) is 6.17. The molecule has 2 saturated carbocycles. The van der Waals surface area contributed by atoms with Crippen LogP contribution < -0.4 is 4.90 Å². The molecule has 0 amide bonds. The summed E-state index contributed by atoms with van der Waals surface area (Å²) in [7, 11) is 0. The van der Waals surface area contributed by atoms with Gasteiger partial charge in [0.2, 0.25) is 0 Å². The molecule has 1 aromatic carbocycles. The van der Waals surface area contributed by atoms with Gasteiger partial charge in [-0.25, -0.2) is 0 Å². The molecule has 152 valence electrons. The topological polar surface area (TPSA) is 3.24 Å². The highest BCUT2D eigenvalue weighted by molar-refractivity contribution is 5.49. The number of nitrogens with zero attached hydrogens (tertiary/aromatic N) is 1. The Hall–Kier alpha value is -0.980. The maximum absolute atomic E-state index is 2.95. The minimum atomic E-state index is 0.702. The molecule has 0 radical (unpaired) electrons. The molecule has 0 spiro atoms. The standard InChI is InChI=1S/C26H43N/c1-18(2)23-14-12-20(5)16-25(23)27(22-10-8-7-9-11-22)26-17-21(6)13-15-24(26)19(3)4/h7-11,18-21,23-26H,12-17H2,1-6H3. The van der Waals surface area contributed by atoms with E-state index in [0.717, 1.165) is 35.5 Å². The second-order valence-electron chi connectivity index (χ2n) is 10.5. The van der Waals surface area contributed by atoms with Crippen LogP contribution in [0.15, 0.2) is 30.3 Å². The van der Waals surface area contributed by atoms with Gasteiger partial charge in [-0.2, -0.15) is 0 Å². The fourth-order valence-electron chi connectivity index (χ4n) is 6.17. The molecular weight excluding hydrogens is 326 g/mol. The summed E-state index contributed by atoms with van der Waals surface area (Å²) in [5.41, 5.74) is 1.48. The van der Waals surface area contributed by atoms with Crippen LogP contribution in [-0.4, -0.2) is 12.1 Å². The summed E-state index contributed by atoms with van der Waals surface area (Å²) >= 11 is 0. The van der Waals surface area contributed by atoms with E-state index in [1.807, 2.05) is 0 Å². The van der Waals surface area contributed by atoms with Crippen molar-refractivity contribution in [3.63, 3.8) is 0 Å². The molecule has 0 aliphatic heterocycles. The smallest absolute Gasteiger partial charge is 0.0371 e. The first-order chi connectivity index (χ1) is 12.9. The van der Waals surface area contributed by atoms with Gasteiger partial charge in [-0.1, -0.05) is 72.6 Å². The zero-order valence-electron chi connectivity index (χ0n) is 18.7. The van der Waals surface area contributed by atoms with Crippen molar-refractivity contribution in [2.24, 2.45) is 35.5 Å². The van der Waals surface area contributed by atoms with Crippen molar-refractivity contribution < 1.29 is 0 Å². The highest BCUT2D eigenvalue weighted by Crippen LogP contribution is 2.44. The maximum atomic E-state index is 2.95. The average Bonchev–Trinajstić information content (AvgIpc) is 2.62. The van der Waals surface area contributed by atoms with Crippen molar-refractivity contribution in [1.29, 1.82) is 0 Å². The molecule has 27 heavy (non-hydrogen) atoms. The molecule has 0 N–H and O–H groups in total. The Morgan fingerprint density at radius 1 is 0.704 bits per heavy atom. The van der Waals surface area contributed by atoms with Crippen LogP contribution >= 0.6 is 0 Å². The Morgan fingerprint density at radius 2 is 1.15 bits per heavy atom. The van der Waals surface area contributed by atoms with E-state index in [1.165, 1.54) is 44.2 Å². The zero-order chi connectivity index (χ0) is 19.6. The van der Waals surface area contributed by atoms with Crippen molar-refractivity contribution in [2.45, 2.75) is 92.2 Å². The quantitative estimate of drug-likeness (QED) is 0.522. The van der Waals surface area contributed by atoms with Gasteiger partial charge < -0.3 is 4.90 Å². The number of rotatable bonds is 5. The summed E-state index contributed by atoms with van der Waals surface area (Å²) in [4.78, 5) is 2.95. The number of anilines is 1. The van der Waals surface area contributed by atoms with E-state index < -0.39 is 0 Å². The van der Waals surface area contributed by atoms with Crippen LogP contribution in [0.2, 0.25) is 0 Å². The lowest BCUT2D eigenvalue weighted by atomic mass is 9.69. The molecule has 6 atom stereocenters. The van der Waals surface area contributed by atoms with Crippen molar-refractivity contribution in [1.82, 2.24) is 0 Å². The predicted molar refractivity (Wildman–Crippen MR) is 119 cm³/mol. The van der Waals surface area contributed by atoms with Crippen molar-refractivity contribution in [3.05, 3.63) is 30.3 Å². The van der Waals surface area contributed by atoms with E-state index in [-0.39, 0.29) is 0 Å². The van der Waals surface area contributed by atoms with E-state index in [2.05, 4.69) is 76.8 Å². The average molecular weight is 370 g/mol. The van der Waals surface area contributed by atoms with E-state index in [9.17, 15) is 0 Å². The van der Waals surface area contributed by atoms with Crippen LogP contribution in [0, 0.1) is 35.5 Å². The first-order valence-electron chi connectivity index (χ1n) is 11.7. The van der Waals surface area contributed by atoms with Gasteiger partial charge in [0.05, 0.1) is 0 Å². The molecule has 6 unspecified atom stereocenters. The Labute approximate surface area is 168 Å². The van der Waals surface area contributed by atoms with Gasteiger partial charge in [0.15, 0.2) is 0 Å². The lowest BCUT2D eigenvalue weighted by Crippen LogP contribution is -2.55. The van der Waals surface area contributed by atoms with Crippen LogP contribution in [0.4, 0.5) is 5.69 Å². The van der Waals surface area contributed by atoms with Crippen LogP contribution in [0.3, 0.4) is 0 Å². The largest absolute Gasteiger partial charge is 0.365 e. The van der Waals surface area contributed by atoms with Crippen molar-refractivity contribution in [2.75, 3.05) is 4.90 Å².